The third kappa shape index (κ3) is 3.50. The van der Waals surface area contributed by atoms with Crippen LogP contribution in [-0.4, -0.2) is 17.8 Å². The van der Waals surface area contributed by atoms with Gasteiger partial charge in [-0.2, -0.15) is 13.7 Å². The summed E-state index contributed by atoms with van der Waals surface area (Å²) in [7, 11) is -2.56. The number of hydrogen-bond donors (Lipinski definition) is 0. The Morgan fingerprint density at radius 2 is 1.64 bits per heavy atom. The summed E-state index contributed by atoms with van der Waals surface area (Å²) >= 11 is 0. The van der Waals surface area contributed by atoms with Gasteiger partial charge in [0, 0.05) is 12.7 Å². The van der Waals surface area contributed by atoms with Crippen LogP contribution in [0.3, 0.4) is 0 Å². The highest BCUT2D eigenvalue weighted by Crippen LogP contribution is 2.25. The summed E-state index contributed by atoms with van der Waals surface area (Å²) in [5.74, 6) is 0. The Morgan fingerprint density at radius 1 is 1.04 bits per heavy atom. The Balaban J connectivity index is 2.06. The van der Waals surface area contributed by atoms with Gasteiger partial charge in [-0.05, 0) is 38.1 Å². The SMILES string of the molecule is Cc1ccc(S(=O)(=O)OC(C#N)c2c(C)n(C)n(-c3ccccc3)c2=O)cc1. The van der Waals surface area contributed by atoms with Crippen LogP contribution in [0.2, 0.25) is 0 Å². The number of aryl methyl sites for hydroxylation is 1. The summed E-state index contributed by atoms with van der Waals surface area (Å²) in [6.45, 7) is 3.47. The number of hydrogen-bond acceptors (Lipinski definition) is 5. The second-order valence-electron chi connectivity index (χ2n) is 6.35. The lowest BCUT2D eigenvalue weighted by Crippen LogP contribution is -2.23. The molecular weight excluding hydrogens is 378 g/mol. The topological polar surface area (TPSA) is 94.1 Å². The van der Waals surface area contributed by atoms with Gasteiger partial charge in [-0.25, -0.2) is 8.86 Å². The first kappa shape index (κ1) is 19.6. The molecule has 1 unspecified atom stereocenters. The second kappa shape index (κ2) is 7.46. The van der Waals surface area contributed by atoms with Gasteiger partial charge >= 0.3 is 0 Å². The summed E-state index contributed by atoms with van der Waals surface area (Å²) in [5, 5.41) is 9.56. The van der Waals surface area contributed by atoms with Crippen molar-refractivity contribution in [3.8, 4) is 11.8 Å². The molecule has 0 aliphatic heterocycles. The number of aromatic nitrogens is 2. The lowest BCUT2D eigenvalue weighted by Gasteiger charge is -2.10. The van der Waals surface area contributed by atoms with Crippen molar-refractivity contribution in [1.29, 1.82) is 5.26 Å². The van der Waals surface area contributed by atoms with E-state index in [1.165, 1.54) is 16.8 Å². The summed E-state index contributed by atoms with van der Waals surface area (Å²) in [6.07, 6.45) is -1.56. The van der Waals surface area contributed by atoms with Crippen molar-refractivity contribution in [3.05, 3.63) is 81.8 Å². The van der Waals surface area contributed by atoms with Crippen molar-refractivity contribution in [3.63, 3.8) is 0 Å². The quantitative estimate of drug-likeness (QED) is 0.617. The van der Waals surface area contributed by atoms with Crippen LogP contribution < -0.4 is 5.56 Å². The predicted octanol–water partition coefficient (Wildman–Crippen LogP) is 2.76. The molecule has 0 aliphatic carbocycles. The van der Waals surface area contributed by atoms with Gasteiger partial charge in [-0.15, -0.1) is 0 Å². The van der Waals surface area contributed by atoms with Crippen molar-refractivity contribution in [2.45, 2.75) is 24.8 Å². The molecule has 1 aromatic heterocycles. The van der Waals surface area contributed by atoms with E-state index in [0.717, 1.165) is 5.56 Å². The zero-order chi connectivity index (χ0) is 20.5. The summed E-state index contributed by atoms with van der Waals surface area (Å²) in [6, 6.07) is 16.7. The van der Waals surface area contributed by atoms with Crippen LogP contribution in [0.15, 0.2) is 64.3 Å². The maximum absolute atomic E-state index is 13.0. The van der Waals surface area contributed by atoms with Crippen molar-refractivity contribution < 1.29 is 12.6 Å². The Hall–Kier alpha value is -3.15. The molecule has 0 saturated heterocycles. The minimum Gasteiger partial charge on any atom is -0.285 e. The molecular formula is C20H19N3O4S. The maximum Gasteiger partial charge on any atom is 0.298 e. The minimum atomic E-state index is -4.22. The maximum atomic E-state index is 13.0. The van der Waals surface area contributed by atoms with Gasteiger partial charge in [0.25, 0.3) is 15.7 Å². The Kier molecular flexibility index (Phi) is 5.23. The third-order valence-electron chi connectivity index (χ3n) is 4.51. The van der Waals surface area contributed by atoms with Crippen LogP contribution in [0, 0.1) is 25.2 Å². The summed E-state index contributed by atoms with van der Waals surface area (Å²) in [4.78, 5) is 12.9. The van der Waals surface area contributed by atoms with E-state index >= 15 is 0 Å². The van der Waals surface area contributed by atoms with Crippen LogP contribution in [0.25, 0.3) is 5.69 Å². The van der Waals surface area contributed by atoms with Gasteiger partial charge in [0.15, 0.2) is 6.10 Å². The highest BCUT2D eigenvalue weighted by atomic mass is 32.2. The van der Waals surface area contributed by atoms with E-state index in [0.29, 0.717) is 11.4 Å². The Bertz CT molecular complexity index is 1200. The molecule has 3 rings (SSSR count). The molecule has 0 spiro atoms. The predicted molar refractivity (Wildman–Crippen MR) is 104 cm³/mol. The molecule has 8 heteroatoms. The summed E-state index contributed by atoms with van der Waals surface area (Å²) < 4.78 is 33.3. The fourth-order valence-electron chi connectivity index (χ4n) is 2.91. The van der Waals surface area contributed by atoms with Crippen molar-refractivity contribution in [1.82, 2.24) is 9.36 Å². The molecule has 0 bridgehead atoms. The first-order chi connectivity index (χ1) is 13.3. The number of nitriles is 1. The van der Waals surface area contributed by atoms with Crippen molar-refractivity contribution >= 4 is 10.1 Å². The van der Waals surface area contributed by atoms with E-state index in [9.17, 15) is 18.5 Å². The molecule has 2 aromatic carbocycles. The van der Waals surface area contributed by atoms with Gasteiger partial charge in [0.05, 0.1) is 16.1 Å². The molecule has 0 fully saturated rings. The highest BCUT2D eigenvalue weighted by Gasteiger charge is 2.30. The van der Waals surface area contributed by atoms with E-state index in [2.05, 4.69) is 0 Å². The first-order valence-corrected chi connectivity index (χ1v) is 9.90. The number of benzene rings is 2. The monoisotopic (exact) mass is 397 g/mol. The van der Waals surface area contributed by atoms with Gasteiger partial charge < -0.3 is 0 Å². The van der Waals surface area contributed by atoms with Crippen LogP contribution >= 0.6 is 0 Å². The van der Waals surface area contributed by atoms with Gasteiger partial charge in [-0.3, -0.25) is 9.48 Å². The van der Waals surface area contributed by atoms with E-state index in [1.54, 1.807) is 61.1 Å². The van der Waals surface area contributed by atoms with Crippen LogP contribution in [0.1, 0.15) is 22.9 Å². The molecule has 28 heavy (non-hydrogen) atoms. The van der Waals surface area contributed by atoms with E-state index in [1.807, 2.05) is 13.0 Å². The molecule has 0 N–H and O–H groups in total. The molecule has 1 heterocycles. The van der Waals surface area contributed by atoms with E-state index in [-0.39, 0.29) is 10.5 Å². The zero-order valence-corrected chi connectivity index (χ0v) is 16.5. The smallest absolute Gasteiger partial charge is 0.285 e. The highest BCUT2D eigenvalue weighted by molar-refractivity contribution is 7.86. The van der Waals surface area contributed by atoms with Crippen molar-refractivity contribution in [2.24, 2.45) is 7.05 Å². The minimum absolute atomic E-state index is 0.00969. The molecule has 1 atom stereocenters. The van der Waals surface area contributed by atoms with E-state index < -0.39 is 21.8 Å². The largest absolute Gasteiger partial charge is 0.298 e. The normalized spacial score (nSPS) is 12.5. The lowest BCUT2D eigenvalue weighted by molar-refractivity contribution is 0.266. The molecule has 144 valence electrons. The van der Waals surface area contributed by atoms with E-state index in [4.69, 9.17) is 4.18 Å². The average molecular weight is 397 g/mol. The average Bonchev–Trinajstić information content (AvgIpc) is 2.90. The first-order valence-electron chi connectivity index (χ1n) is 8.49. The molecule has 7 nitrogen and oxygen atoms in total. The number of nitrogens with zero attached hydrogens (tertiary/aromatic N) is 3. The van der Waals surface area contributed by atoms with Crippen LogP contribution in [-0.2, 0) is 21.3 Å². The van der Waals surface area contributed by atoms with Gasteiger partial charge in [-0.1, -0.05) is 35.9 Å². The molecule has 0 amide bonds. The number of rotatable bonds is 5. The molecule has 0 aliphatic rings. The Morgan fingerprint density at radius 3 is 2.21 bits per heavy atom. The number of para-hydroxylation sites is 1. The van der Waals surface area contributed by atoms with Crippen molar-refractivity contribution in [2.75, 3.05) is 0 Å². The van der Waals surface area contributed by atoms with Gasteiger partial charge in [0.2, 0.25) is 0 Å². The van der Waals surface area contributed by atoms with Crippen LogP contribution in [0.5, 0.6) is 0 Å². The standard InChI is InChI=1S/C20H19N3O4S/c1-14-9-11-17(12-10-14)28(25,26)27-18(13-21)19-15(2)22(3)23(20(19)24)16-7-5-4-6-8-16/h4-12,18H,1-3H3. The third-order valence-corrected chi connectivity index (χ3v) is 5.81. The second-order valence-corrected chi connectivity index (χ2v) is 7.92. The fourth-order valence-corrected chi connectivity index (χ4v) is 3.89. The van der Waals surface area contributed by atoms with Gasteiger partial charge in [0.1, 0.15) is 6.07 Å². The summed E-state index contributed by atoms with van der Waals surface area (Å²) in [5.41, 5.74) is 1.42. The lowest BCUT2D eigenvalue weighted by atomic mass is 10.1. The zero-order valence-electron chi connectivity index (χ0n) is 15.7. The Labute approximate surface area is 163 Å². The molecule has 3 aromatic rings. The fraction of sp³-hybridized carbons (Fsp3) is 0.200. The molecule has 0 radical (unpaired) electrons. The molecule has 0 saturated carbocycles. The van der Waals surface area contributed by atoms with Crippen LogP contribution in [0.4, 0.5) is 0 Å².